The predicted octanol–water partition coefficient (Wildman–Crippen LogP) is 3.79. The molecule has 0 spiro atoms. The number of aryl methyl sites for hydroxylation is 1. The van der Waals surface area contributed by atoms with Crippen molar-refractivity contribution < 1.29 is 23.9 Å². The minimum absolute atomic E-state index is 0.102. The highest BCUT2D eigenvalue weighted by molar-refractivity contribution is 6.05. The molecular weight excluding hydrogens is 402 g/mol. The Morgan fingerprint density at radius 3 is 2.45 bits per heavy atom. The molecule has 1 saturated heterocycles. The average molecular weight is 429 g/mol. The molecule has 0 saturated carbocycles. The minimum atomic E-state index is -0.498. The molecule has 1 amide bonds. The maximum absolute atomic E-state index is 12.9. The van der Waals surface area contributed by atoms with E-state index >= 15 is 0 Å². The standard InChI is InChI=1S/C22H27N3O6/c1-4-30-20-14-19(24-8-10-29-11-9-24)21(31-5-2)13-17(20)23-22(26)16-7-6-15(3)18(12-16)25(27)28/h6-7,12-14H,4-5,8-11H2,1-3H3,(H,23,26). The normalized spacial score (nSPS) is 13.6. The maximum atomic E-state index is 12.9. The molecule has 1 aliphatic heterocycles. The van der Waals surface area contributed by atoms with Gasteiger partial charge in [0.2, 0.25) is 0 Å². The summed E-state index contributed by atoms with van der Waals surface area (Å²) in [6.07, 6.45) is 0. The largest absolute Gasteiger partial charge is 0.492 e. The number of nitro benzene ring substituents is 1. The van der Waals surface area contributed by atoms with E-state index in [1.165, 1.54) is 6.07 Å². The van der Waals surface area contributed by atoms with Crippen molar-refractivity contribution in [2.45, 2.75) is 20.8 Å². The number of morpholine rings is 1. The quantitative estimate of drug-likeness (QED) is 0.503. The Morgan fingerprint density at radius 2 is 1.81 bits per heavy atom. The van der Waals surface area contributed by atoms with Crippen molar-refractivity contribution in [2.75, 3.05) is 49.7 Å². The van der Waals surface area contributed by atoms with E-state index in [0.717, 1.165) is 18.8 Å². The van der Waals surface area contributed by atoms with Gasteiger partial charge in [-0.05, 0) is 26.8 Å². The first-order valence-corrected chi connectivity index (χ1v) is 10.3. The Kier molecular flexibility index (Phi) is 7.30. The number of nitrogens with zero attached hydrogens (tertiary/aromatic N) is 2. The number of hydrogen-bond acceptors (Lipinski definition) is 7. The molecule has 1 heterocycles. The van der Waals surface area contributed by atoms with E-state index in [9.17, 15) is 14.9 Å². The Morgan fingerprint density at radius 1 is 1.13 bits per heavy atom. The van der Waals surface area contributed by atoms with E-state index < -0.39 is 10.8 Å². The second-order valence-corrected chi connectivity index (χ2v) is 6.99. The van der Waals surface area contributed by atoms with E-state index in [1.807, 2.05) is 19.9 Å². The van der Waals surface area contributed by atoms with E-state index in [0.29, 0.717) is 49.2 Å². The number of rotatable bonds is 8. The molecule has 9 nitrogen and oxygen atoms in total. The van der Waals surface area contributed by atoms with E-state index in [1.54, 1.807) is 25.1 Å². The van der Waals surface area contributed by atoms with Gasteiger partial charge in [-0.1, -0.05) is 6.07 Å². The van der Waals surface area contributed by atoms with Gasteiger partial charge in [-0.2, -0.15) is 0 Å². The first-order chi connectivity index (χ1) is 14.9. The lowest BCUT2D eigenvalue weighted by atomic mass is 10.1. The lowest BCUT2D eigenvalue weighted by Gasteiger charge is -2.31. The summed E-state index contributed by atoms with van der Waals surface area (Å²) in [4.78, 5) is 25.7. The van der Waals surface area contributed by atoms with Crippen molar-refractivity contribution in [3.63, 3.8) is 0 Å². The Bertz CT molecular complexity index is 957. The van der Waals surface area contributed by atoms with Crippen LogP contribution in [-0.2, 0) is 4.74 Å². The molecule has 2 aromatic carbocycles. The van der Waals surface area contributed by atoms with Gasteiger partial charge in [-0.25, -0.2) is 0 Å². The van der Waals surface area contributed by atoms with Gasteiger partial charge in [-0.3, -0.25) is 14.9 Å². The number of nitrogens with one attached hydrogen (secondary N) is 1. The third kappa shape index (κ3) is 5.24. The smallest absolute Gasteiger partial charge is 0.273 e. The van der Waals surface area contributed by atoms with Crippen molar-refractivity contribution in [1.82, 2.24) is 0 Å². The summed E-state index contributed by atoms with van der Waals surface area (Å²) in [5.41, 5.74) is 1.89. The first-order valence-electron chi connectivity index (χ1n) is 10.3. The monoisotopic (exact) mass is 429 g/mol. The molecule has 9 heteroatoms. The summed E-state index contributed by atoms with van der Waals surface area (Å²) in [5.74, 6) is 0.658. The Balaban J connectivity index is 1.95. The van der Waals surface area contributed by atoms with Crippen molar-refractivity contribution in [3.05, 3.63) is 51.6 Å². The number of amides is 1. The fraction of sp³-hybridized carbons (Fsp3) is 0.409. The number of carbonyl (C=O) groups excluding carboxylic acids is 1. The second-order valence-electron chi connectivity index (χ2n) is 6.99. The van der Waals surface area contributed by atoms with Gasteiger partial charge in [0.05, 0.1) is 42.7 Å². The molecule has 0 atom stereocenters. The number of ether oxygens (including phenoxy) is 3. The predicted molar refractivity (Wildman–Crippen MR) is 118 cm³/mol. The summed E-state index contributed by atoms with van der Waals surface area (Å²) in [6.45, 7) is 8.96. The van der Waals surface area contributed by atoms with Gasteiger partial charge < -0.3 is 24.4 Å². The van der Waals surface area contributed by atoms with Gasteiger partial charge in [0.25, 0.3) is 11.6 Å². The molecule has 1 aliphatic rings. The van der Waals surface area contributed by atoms with Crippen LogP contribution in [0.3, 0.4) is 0 Å². The third-order valence-corrected chi connectivity index (χ3v) is 4.93. The van der Waals surface area contributed by atoms with Gasteiger partial charge in [0, 0.05) is 42.4 Å². The van der Waals surface area contributed by atoms with Crippen LogP contribution in [0.4, 0.5) is 17.1 Å². The van der Waals surface area contributed by atoms with Crippen molar-refractivity contribution >= 4 is 23.0 Å². The highest BCUT2D eigenvalue weighted by Gasteiger charge is 2.21. The van der Waals surface area contributed by atoms with Crippen molar-refractivity contribution in [1.29, 1.82) is 0 Å². The van der Waals surface area contributed by atoms with Gasteiger partial charge in [0.15, 0.2) is 0 Å². The molecule has 31 heavy (non-hydrogen) atoms. The molecule has 0 aromatic heterocycles. The van der Waals surface area contributed by atoms with Crippen LogP contribution in [-0.4, -0.2) is 50.3 Å². The van der Waals surface area contributed by atoms with Crippen LogP contribution in [0.1, 0.15) is 29.8 Å². The van der Waals surface area contributed by atoms with Crippen LogP contribution in [0.5, 0.6) is 11.5 Å². The van der Waals surface area contributed by atoms with Crippen molar-refractivity contribution in [2.24, 2.45) is 0 Å². The highest BCUT2D eigenvalue weighted by Crippen LogP contribution is 2.39. The van der Waals surface area contributed by atoms with Crippen LogP contribution in [0.2, 0.25) is 0 Å². The molecule has 0 radical (unpaired) electrons. The first kappa shape index (κ1) is 22.4. The lowest BCUT2D eigenvalue weighted by Crippen LogP contribution is -2.36. The number of hydrogen-bond donors (Lipinski definition) is 1. The lowest BCUT2D eigenvalue weighted by molar-refractivity contribution is -0.385. The number of nitro groups is 1. The Labute approximate surface area is 181 Å². The molecule has 3 rings (SSSR count). The zero-order valence-electron chi connectivity index (χ0n) is 18.0. The topological polar surface area (TPSA) is 103 Å². The molecular formula is C22H27N3O6. The van der Waals surface area contributed by atoms with Gasteiger partial charge >= 0.3 is 0 Å². The molecule has 0 bridgehead atoms. The number of benzene rings is 2. The SMILES string of the molecule is CCOc1cc(N2CCOCC2)c(OCC)cc1NC(=O)c1ccc(C)c([N+](=O)[O-])c1. The summed E-state index contributed by atoms with van der Waals surface area (Å²) in [6, 6.07) is 7.98. The number of carbonyl (C=O) groups is 1. The zero-order valence-corrected chi connectivity index (χ0v) is 18.0. The second kappa shape index (κ2) is 10.1. The summed E-state index contributed by atoms with van der Waals surface area (Å²) in [5, 5.41) is 14.0. The Hall–Kier alpha value is -3.33. The van der Waals surface area contributed by atoms with Crippen LogP contribution >= 0.6 is 0 Å². The summed E-state index contributed by atoms with van der Waals surface area (Å²) < 4.78 is 17.1. The van der Waals surface area contributed by atoms with E-state index in [2.05, 4.69) is 10.2 Å². The number of anilines is 2. The zero-order chi connectivity index (χ0) is 22.4. The molecule has 0 unspecified atom stereocenters. The van der Waals surface area contributed by atoms with E-state index in [-0.39, 0.29) is 11.3 Å². The highest BCUT2D eigenvalue weighted by atomic mass is 16.6. The van der Waals surface area contributed by atoms with Crippen molar-refractivity contribution in [3.8, 4) is 11.5 Å². The molecule has 1 N–H and O–H groups in total. The van der Waals surface area contributed by atoms with Crippen LogP contribution < -0.4 is 19.7 Å². The third-order valence-electron chi connectivity index (χ3n) is 4.93. The van der Waals surface area contributed by atoms with Crippen LogP contribution in [0.25, 0.3) is 0 Å². The van der Waals surface area contributed by atoms with E-state index in [4.69, 9.17) is 14.2 Å². The molecule has 2 aromatic rings. The maximum Gasteiger partial charge on any atom is 0.273 e. The minimum Gasteiger partial charge on any atom is -0.492 e. The van der Waals surface area contributed by atoms with Gasteiger partial charge in [0.1, 0.15) is 11.5 Å². The van der Waals surface area contributed by atoms with Crippen LogP contribution in [0, 0.1) is 17.0 Å². The fourth-order valence-corrected chi connectivity index (χ4v) is 3.39. The fourth-order valence-electron chi connectivity index (χ4n) is 3.39. The summed E-state index contributed by atoms with van der Waals surface area (Å²) in [7, 11) is 0. The molecule has 0 aliphatic carbocycles. The average Bonchev–Trinajstić information content (AvgIpc) is 2.76. The molecule has 166 valence electrons. The summed E-state index contributed by atoms with van der Waals surface area (Å²) >= 11 is 0. The van der Waals surface area contributed by atoms with Gasteiger partial charge in [-0.15, -0.1) is 0 Å². The molecule has 1 fully saturated rings. The van der Waals surface area contributed by atoms with Crippen LogP contribution in [0.15, 0.2) is 30.3 Å².